The molecule has 0 amide bonds. The molecule has 0 aliphatic carbocycles. The first kappa shape index (κ1) is 17.2. The van der Waals surface area contributed by atoms with E-state index in [4.69, 9.17) is 40.2 Å². The van der Waals surface area contributed by atoms with Crippen LogP contribution in [-0.2, 0) is 4.74 Å². The van der Waals surface area contributed by atoms with Crippen molar-refractivity contribution >= 4 is 57.7 Å². The lowest BCUT2D eigenvalue weighted by molar-refractivity contribution is 0.122. The van der Waals surface area contributed by atoms with Crippen LogP contribution in [0.5, 0.6) is 0 Å². The summed E-state index contributed by atoms with van der Waals surface area (Å²) in [7, 11) is 0. The van der Waals surface area contributed by atoms with E-state index in [1.165, 1.54) is 0 Å². The summed E-state index contributed by atoms with van der Waals surface area (Å²) in [5.74, 6) is 0.931. The fraction of sp³-hybridized carbons (Fsp3) is 0.250. The molecule has 0 saturated carbocycles. The van der Waals surface area contributed by atoms with Crippen LogP contribution in [0.2, 0.25) is 10.0 Å². The predicted octanol–water partition coefficient (Wildman–Crippen LogP) is 4.03. The molecule has 0 unspecified atom stereocenters. The number of ether oxygens (including phenoxy) is 1. The molecule has 1 aliphatic heterocycles. The average molecular weight is 383 g/mol. The lowest BCUT2D eigenvalue weighted by atomic mass is 10.3. The Balaban J connectivity index is 1.61. The highest BCUT2D eigenvalue weighted by Gasteiger charge is 2.12. The predicted molar refractivity (Wildman–Crippen MR) is 104 cm³/mol. The van der Waals surface area contributed by atoms with E-state index in [9.17, 15) is 0 Å². The second-order valence-corrected chi connectivity index (χ2v) is 6.46. The van der Waals surface area contributed by atoms with Gasteiger partial charge in [-0.25, -0.2) is 4.98 Å². The molecule has 24 heavy (non-hydrogen) atoms. The summed E-state index contributed by atoms with van der Waals surface area (Å²) in [6, 6.07) is 9.05. The van der Waals surface area contributed by atoms with Crippen molar-refractivity contribution in [1.29, 1.82) is 0 Å². The average Bonchev–Trinajstić information content (AvgIpc) is 2.59. The Morgan fingerprint density at radius 1 is 1.12 bits per heavy atom. The number of thiocarbonyl (C=S) groups is 1. The molecule has 8 heteroatoms. The lowest BCUT2D eigenvalue weighted by Crippen LogP contribution is -2.36. The Morgan fingerprint density at radius 2 is 1.92 bits per heavy atom. The third-order valence-corrected chi connectivity index (χ3v) is 4.29. The molecule has 1 fully saturated rings. The maximum absolute atomic E-state index is 6.11. The minimum Gasteiger partial charge on any atom is -0.378 e. The van der Waals surface area contributed by atoms with Crippen molar-refractivity contribution in [2.24, 2.45) is 0 Å². The molecule has 1 aromatic carbocycles. The maximum Gasteiger partial charge on any atom is 0.175 e. The quantitative estimate of drug-likeness (QED) is 0.781. The van der Waals surface area contributed by atoms with E-state index in [1.54, 1.807) is 24.4 Å². The fourth-order valence-electron chi connectivity index (χ4n) is 2.32. The van der Waals surface area contributed by atoms with Gasteiger partial charge in [0.15, 0.2) is 5.11 Å². The van der Waals surface area contributed by atoms with Crippen LogP contribution in [0.1, 0.15) is 0 Å². The van der Waals surface area contributed by atoms with E-state index in [1.807, 2.05) is 12.1 Å². The molecule has 0 atom stereocenters. The van der Waals surface area contributed by atoms with Gasteiger partial charge in [-0.15, -0.1) is 0 Å². The minimum absolute atomic E-state index is 0.417. The molecule has 3 rings (SSSR count). The summed E-state index contributed by atoms with van der Waals surface area (Å²) in [6.45, 7) is 3.17. The van der Waals surface area contributed by atoms with Crippen LogP contribution in [0.15, 0.2) is 36.5 Å². The van der Waals surface area contributed by atoms with Crippen LogP contribution in [0.3, 0.4) is 0 Å². The summed E-state index contributed by atoms with van der Waals surface area (Å²) in [5.41, 5.74) is 1.45. The van der Waals surface area contributed by atoms with Gasteiger partial charge in [-0.05, 0) is 42.5 Å². The Morgan fingerprint density at radius 3 is 2.62 bits per heavy atom. The van der Waals surface area contributed by atoms with Gasteiger partial charge >= 0.3 is 0 Å². The van der Waals surface area contributed by atoms with Crippen molar-refractivity contribution < 1.29 is 4.74 Å². The normalized spacial score (nSPS) is 14.3. The van der Waals surface area contributed by atoms with Gasteiger partial charge in [0.2, 0.25) is 0 Å². The van der Waals surface area contributed by atoms with Gasteiger partial charge in [0.25, 0.3) is 0 Å². The molecular weight excluding hydrogens is 367 g/mol. The van der Waals surface area contributed by atoms with E-state index in [2.05, 4.69) is 20.5 Å². The van der Waals surface area contributed by atoms with Crippen LogP contribution in [0.4, 0.5) is 17.2 Å². The van der Waals surface area contributed by atoms with Gasteiger partial charge in [-0.2, -0.15) is 0 Å². The summed E-state index contributed by atoms with van der Waals surface area (Å²) in [5, 5.41) is 7.65. The molecule has 1 aromatic heterocycles. The number of halogens is 2. The van der Waals surface area contributed by atoms with E-state index < -0.39 is 0 Å². The number of pyridine rings is 1. The first-order valence-electron chi connectivity index (χ1n) is 7.43. The van der Waals surface area contributed by atoms with Crippen molar-refractivity contribution in [3.05, 3.63) is 46.6 Å². The number of hydrogen-bond donors (Lipinski definition) is 2. The summed E-state index contributed by atoms with van der Waals surface area (Å²) in [6.07, 6.45) is 1.75. The zero-order chi connectivity index (χ0) is 16.9. The fourth-order valence-corrected chi connectivity index (χ4v) is 2.88. The molecule has 0 spiro atoms. The number of nitrogens with zero attached hydrogens (tertiary/aromatic N) is 2. The molecule has 0 radical (unpaired) electrons. The first-order chi connectivity index (χ1) is 11.6. The summed E-state index contributed by atoms with van der Waals surface area (Å²) < 4.78 is 5.34. The molecule has 5 nitrogen and oxygen atoms in total. The Hall–Kier alpha value is -1.60. The number of rotatable bonds is 3. The van der Waals surface area contributed by atoms with E-state index in [0.29, 0.717) is 20.8 Å². The van der Waals surface area contributed by atoms with Gasteiger partial charge in [-0.1, -0.05) is 23.2 Å². The highest BCUT2D eigenvalue weighted by molar-refractivity contribution is 7.80. The van der Waals surface area contributed by atoms with Crippen LogP contribution in [0, 0.1) is 0 Å². The Bertz CT molecular complexity index is 721. The molecular formula is C16H16Cl2N4OS. The van der Waals surface area contributed by atoms with Crippen molar-refractivity contribution in [1.82, 2.24) is 4.98 Å². The number of hydrogen-bond acceptors (Lipinski definition) is 4. The smallest absolute Gasteiger partial charge is 0.175 e. The van der Waals surface area contributed by atoms with E-state index >= 15 is 0 Å². The van der Waals surface area contributed by atoms with Gasteiger partial charge in [0.05, 0.1) is 35.8 Å². The number of nitrogens with one attached hydrogen (secondary N) is 2. The van der Waals surface area contributed by atoms with Crippen molar-refractivity contribution in [2.75, 3.05) is 41.8 Å². The maximum atomic E-state index is 6.11. The minimum atomic E-state index is 0.417. The zero-order valence-electron chi connectivity index (χ0n) is 12.8. The molecule has 2 heterocycles. The molecule has 126 valence electrons. The van der Waals surface area contributed by atoms with Crippen LogP contribution in [-0.4, -0.2) is 36.4 Å². The highest BCUT2D eigenvalue weighted by Crippen LogP contribution is 2.25. The molecule has 2 N–H and O–H groups in total. The number of aromatic nitrogens is 1. The molecule has 2 aromatic rings. The molecule has 0 bridgehead atoms. The van der Waals surface area contributed by atoms with Crippen molar-refractivity contribution in [3.8, 4) is 0 Å². The Labute approximate surface area is 155 Å². The second kappa shape index (κ2) is 7.98. The van der Waals surface area contributed by atoms with E-state index in [-0.39, 0.29) is 0 Å². The van der Waals surface area contributed by atoms with Crippen LogP contribution >= 0.6 is 35.4 Å². The third-order valence-electron chi connectivity index (χ3n) is 3.52. The molecule has 1 aliphatic rings. The van der Waals surface area contributed by atoms with Gasteiger partial charge in [0.1, 0.15) is 5.82 Å². The Kier molecular flexibility index (Phi) is 5.73. The summed E-state index contributed by atoms with van der Waals surface area (Å²) >= 11 is 17.4. The molecule has 1 saturated heterocycles. The summed E-state index contributed by atoms with van der Waals surface area (Å²) in [4.78, 5) is 6.66. The third kappa shape index (κ3) is 4.48. The van der Waals surface area contributed by atoms with Gasteiger partial charge in [0, 0.05) is 18.1 Å². The largest absolute Gasteiger partial charge is 0.378 e. The zero-order valence-corrected chi connectivity index (χ0v) is 15.1. The number of benzene rings is 1. The standard InChI is InChI=1S/C16H16Cl2N4OS/c17-11-1-3-13(18)14(9-11)21-16(24)20-12-2-4-15(19-10-12)22-5-7-23-8-6-22/h1-4,9-10H,5-8H2,(H2,20,21,24). The van der Waals surface area contributed by atoms with Gasteiger partial charge < -0.3 is 20.3 Å². The lowest BCUT2D eigenvalue weighted by Gasteiger charge is -2.27. The SMILES string of the molecule is S=C(Nc1ccc(N2CCOCC2)nc1)Nc1cc(Cl)ccc1Cl. The topological polar surface area (TPSA) is 49.4 Å². The second-order valence-electron chi connectivity index (χ2n) is 5.21. The number of morpholine rings is 1. The first-order valence-corrected chi connectivity index (χ1v) is 8.60. The number of anilines is 3. The van der Waals surface area contributed by atoms with Crippen LogP contribution < -0.4 is 15.5 Å². The van der Waals surface area contributed by atoms with Gasteiger partial charge in [-0.3, -0.25) is 0 Å². The highest BCUT2D eigenvalue weighted by atomic mass is 35.5. The van der Waals surface area contributed by atoms with Crippen LogP contribution in [0.25, 0.3) is 0 Å². The van der Waals surface area contributed by atoms with Crippen molar-refractivity contribution in [2.45, 2.75) is 0 Å². The monoisotopic (exact) mass is 382 g/mol. The van der Waals surface area contributed by atoms with Crippen molar-refractivity contribution in [3.63, 3.8) is 0 Å². The van der Waals surface area contributed by atoms with E-state index in [0.717, 1.165) is 37.8 Å².